The molecule has 1 saturated carbocycles. The molecule has 104 valence electrons. The average Bonchev–Trinajstić information content (AvgIpc) is 2.74. The van der Waals surface area contributed by atoms with Crippen LogP contribution in [-0.4, -0.2) is 18.8 Å². The zero-order valence-electron chi connectivity index (χ0n) is 10.8. The van der Waals surface area contributed by atoms with Crippen molar-refractivity contribution in [1.82, 2.24) is 0 Å². The predicted octanol–water partition coefficient (Wildman–Crippen LogP) is 5.20. The number of benzene rings is 1. The number of halogens is 3. The minimum atomic E-state index is 0.188. The molecule has 2 nitrogen and oxygen atoms in total. The van der Waals surface area contributed by atoms with Gasteiger partial charge in [0.25, 0.3) is 0 Å². The maximum atomic E-state index is 5.84. The smallest absolute Gasteiger partial charge is 0.0694 e. The van der Waals surface area contributed by atoms with Crippen molar-refractivity contribution in [2.24, 2.45) is 11.3 Å². The van der Waals surface area contributed by atoms with E-state index in [1.54, 1.807) is 0 Å². The molecule has 0 spiro atoms. The van der Waals surface area contributed by atoms with Crippen LogP contribution >= 0.6 is 47.8 Å². The summed E-state index contributed by atoms with van der Waals surface area (Å²) in [4.78, 5) is 0. The van der Waals surface area contributed by atoms with Crippen LogP contribution < -0.4 is 5.32 Å². The average molecular weight is 454 g/mol. The van der Waals surface area contributed by atoms with Crippen LogP contribution in [0.4, 0.5) is 5.69 Å². The van der Waals surface area contributed by atoms with E-state index in [1.807, 2.05) is 0 Å². The van der Waals surface area contributed by atoms with Gasteiger partial charge in [-0.1, -0.05) is 29.8 Å². The Kier molecular flexibility index (Phi) is 3.78. The summed E-state index contributed by atoms with van der Waals surface area (Å²) in [6.45, 7) is 5.48. The molecule has 1 saturated heterocycles. The van der Waals surface area contributed by atoms with Crippen molar-refractivity contribution < 1.29 is 4.74 Å². The Morgan fingerprint density at radius 2 is 1.84 bits per heavy atom. The summed E-state index contributed by atoms with van der Waals surface area (Å²) < 4.78 is 9.06. The highest BCUT2D eigenvalue weighted by Crippen LogP contribution is 2.54. The van der Waals surface area contributed by atoms with E-state index in [0.717, 1.165) is 32.1 Å². The quantitative estimate of drug-likeness (QED) is 0.664. The van der Waals surface area contributed by atoms with Crippen LogP contribution in [0, 0.1) is 11.3 Å². The van der Waals surface area contributed by atoms with Gasteiger partial charge in [-0.3, -0.25) is 0 Å². The molecule has 1 aromatic rings. The van der Waals surface area contributed by atoms with Gasteiger partial charge in [0, 0.05) is 37.4 Å². The molecular formula is C14H16Br3NO. The van der Waals surface area contributed by atoms with E-state index >= 15 is 0 Å². The SMILES string of the molecule is CC1(C)C(Nc2c(Br)cc(Br)cc2Br)C2CCOC21. The fourth-order valence-electron chi connectivity index (χ4n) is 3.45. The lowest BCUT2D eigenvalue weighted by Crippen LogP contribution is -2.63. The molecule has 1 aliphatic carbocycles. The first kappa shape index (κ1) is 14.4. The second-order valence-electron chi connectivity index (χ2n) is 5.93. The highest BCUT2D eigenvalue weighted by Gasteiger charge is 2.59. The summed E-state index contributed by atoms with van der Waals surface area (Å²) >= 11 is 10.8. The van der Waals surface area contributed by atoms with Crippen LogP contribution in [-0.2, 0) is 4.74 Å². The van der Waals surface area contributed by atoms with Crippen LogP contribution in [0.2, 0.25) is 0 Å². The number of hydrogen-bond acceptors (Lipinski definition) is 2. The predicted molar refractivity (Wildman–Crippen MR) is 88.6 cm³/mol. The van der Waals surface area contributed by atoms with E-state index in [4.69, 9.17) is 4.74 Å². The normalized spacial score (nSPS) is 31.7. The Bertz CT molecular complexity index is 494. The van der Waals surface area contributed by atoms with Crippen LogP contribution in [0.15, 0.2) is 25.6 Å². The van der Waals surface area contributed by atoms with Crippen LogP contribution in [0.1, 0.15) is 20.3 Å². The van der Waals surface area contributed by atoms with Crippen molar-refractivity contribution in [1.29, 1.82) is 0 Å². The molecule has 1 aliphatic heterocycles. The molecule has 3 unspecified atom stereocenters. The number of anilines is 1. The van der Waals surface area contributed by atoms with Crippen LogP contribution in [0.5, 0.6) is 0 Å². The molecule has 0 bridgehead atoms. The molecule has 3 atom stereocenters. The first-order valence-corrected chi connectivity index (χ1v) is 8.82. The summed E-state index contributed by atoms with van der Waals surface area (Å²) in [7, 11) is 0. The van der Waals surface area contributed by atoms with Crippen molar-refractivity contribution in [3.63, 3.8) is 0 Å². The molecule has 1 aromatic carbocycles. The molecule has 1 N–H and O–H groups in total. The second kappa shape index (κ2) is 5.00. The number of hydrogen-bond donors (Lipinski definition) is 1. The van der Waals surface area contributed by atoms with Crippen molar-refractivity contribution in [3.8, 4) is 0 Å². The lowest BCUT2D eigenvalue weighted by Gasteiger charge is -2.55. The molecule has 3 rings (SSSR count). The maximum Gasteiger partial charge on any atom is 0.0694 e. The molecule has 0 amide bonds. The lowest BCUT2D eigenvalue weighted by molar-refractivity contribution is -0.0923. The summed E-state index contributed by atoms with van der Waals surface area (Å²) in [6, 6.07) is 4.61. The minimum absolute atomic E-state index is 0.188. The van der Waals surface area contributed by atoms with E-state index in [9.17, 15) is 0 Å². The first-order chi connectivity index (χ1) is 8.91. The molecule has 19 heavy (non-hydrogen) atoms. The Labute approximate surface area is 139 Å². The molecule has 0 aromatic heterocycles. The number of nitrogens with one attached hydrogen (secondary N) is 1. The van der Waals surface area contributed by atoms with Gasteiger partial charge in [0.1, 0.15) is 0 Å². The summed E-state index contributed by atoms with van der Waals surface area (Å²) in [6.07, 6.45) is 1.58. The monoisotopic (exact) mass is 451 g/mol. The fraction of sp³-hybridized carbons (Fsp3) is 0.571. The van der Waals surface area contributed by atoms with Gasteiger partial charge in [0.15, 0.2) is 0 Å². The van der Waals surface area contributed by atoms with Crippen LogP contribution in [0.3, 0.4) is 0 Å². The van der Waals surface area contributed by atoms with E-state index < -0.39 is 0 Å². The van der Waals surface area contributed by atoms with E-state index in [-0.39, 0.29) is 5.41 Å². The highest BCUT2D eigenvalue weighted by molar-refractivity contribution is 9.11. The Morgan fingerprint density at radius 3 is 2.47 bits per heavy atom. The fourth-order valence-corrected chi connectivity index (χ4v) is 5.94. The summed E-state index contributed by atoms with van der Waals surface area (Å²) in [5, 5.41) is 3.71. The second-order valence-corrected chi connectivity index (χ2v) is 8.56. The van der Waals surface area contributed by atoms with Gasteiger partial charge in [-0.15, -0.1) is 0 Å². The maximum absolute atomic E-state index is 5.84. The van der Waals surface area contributed by atoms with E-state index in [2.05, 4.69) is 79.1 Å². The lowest BCUT2D eigenvalue weighted by atomic mass is 9.57. The van der Waals surface area contributed by atoms with E-state index in [0.29, 0.717) is 18.1 Å². The first-order valence-electron chi connectivity index (χ1n) is 6.44. The van der Waals surface area contributed by atoms with Gasteiger partial charge < -0.3 is 10.1 Å². The molecule has 2 fully saturated rings. The van der Waals surface area contributed by atoms with Crippen molar-refractivity contribution in [2.75, 3.05) is 11.9 Å². The zero-order chi connectivity index (χ0) is 13.8. The third-order valence-electron chi connectivity index (χ3n) is 4.41. The largest absolute Gasteiger partial charge is 0.379 e. The summed E-state index contributed by atoms with van der Waals surface area (Å²) in [5.41, 5.74) is 1.32. The molecule has 0 radical (unpaired) electrons. The van der Waals surface area contributed by atoms with Gasteiger partial charge >= 0.3 is 0 Å². The van der Waals surface area contributed by atoms with E-state index in [1.165, 1.54) is 0 Å². The third kappa shape index (κ3) is 2.30. The molecular weight excluding hydrogens is 438 g/mol. The standard InChI is InChI=1S/C14H16Br3NO/c1-14(2)12(8-3-4-19-13(8)14)18-11-9(16)5-7(15)6-10(11)17/h5-6,8,12-13,18H,3-4H2,1-2H3. The van der Waals surface area contributed by atoms with Crippen molar-refractivity contribution in [2.45, 2.75) is 32.4 Å². The Balaban J connectivity index is 1.86. The van der Waals surface area contributed by atoms with Gasteiger partial charge in [-0.2, -0.15) is 0 Å². The van der Waals surface area contributed by atoms with Gasteiger partial charge in [0.05, 0.1) is 11.8 Å². The zero-order valence-corrected chi connectivity index (χ0v) is 15.6. The summed E-state index contributed by atoms with van der Waals surface area (Å²) in [5.74, 6) is 0.637. The molecule has 1 heterocycles. The number of rotatable bonds is 2. The highest BCUT2D eigenvalue weighted by atomic mass is 79.9. The van der Waals surface area contributed by atoms with Gasteiger partial charge in [-0.25, -0.2) is 0 Å². The number of fused-ring (bicyclic) bond motifs is 1. The molecule has 5 heteroatoms. The Hall–Kier alpha value is 0.420. The Morgan fingerprint density at radius 1 is 1.21 bits per heavy atom. The van der Waals surface area contributed by atoms with Gasteiger partial charge in [-0.05, 0) is 50.4 Å². The third-order valence-corrected chi connectivity index (χ3v) is 6.12. The minimum Gasteiger partial charge on any atom is -0.379 e. The topological polar surface area (TPSA) is 21.3 Å². The van der Waals surface area contributed by atoms with Crippen molar-refractivity contribution >= 4 is 53.5 Å². The van der Waals surface area contributed by atoms with Gasteiger partial charge in [0.2, 0.25) is 0 Å². The molecule has 2 aliphatic rings. The van der Waals surface area contributed by atoms with Crippen molar-refractivity contribution in [3.05, 3.63) is 25.6 Å². The number of ether oxygens (including phenoxy) is 1. The van der Waals surface area contributed by atoms with Crippen LogP contribution in [0.25, 0.3) is 0 Å².